The molecule has 0 saturated heterocycles. The number of nitrogens with one attached hydrogen (secondary N) is 1. The van der Waals surface area contributed by atoms with Crippen molar-refractivity contribution in [2.45, 2.75) is 18.7 Å². The summed E-state index contributed by atoms with van der Waals surface area (Å²) in [6.45, 7) is 0.336. The first-order valence-electron chi connectivity index (χ1n) is 4.72. The summed E-state index contributed by atoms with van der Waals surface area (Å²) < 4.78 is 37.9. The highest BCUT2D eigenvalue weighted by atomic mass is 79.9. The molecule has 1 rings (SSSR count). The van der Waals surface area contributed by atoms with Crippen molar-refractivity contribution in [2.75, 3.05) is 5.32 Å². The molecule has 0 spiro atoms. The number of benzene rings is 1. The zero-order valence-corrected chi connectivity index (χ0v) is 12.4. The van der Waals surface area contributed by atoms with E-state index in [9.17, 15) is 23.1 Å². The van der Waals surface area contributed by atoms with Crippen LogP contribution in [0, 0.1) is 0 Å². The highest BCUT2D eigenvalue weighted by Crippen LogP contribution is 2.36. The third kappa shape index (κ3) is 3.53. The van der Waals surface area contributed by atoms with Crippen LogP contribution in [0.3, 0.4) is 0 Å². The topological polar surface area (TPSA) is 49.3 Å². The predicted octanol–water partition coefficient (Wildman–Crippen LogP) is 4.01. The van der Waals surface area contributed by atoms with Gasteiger partial charge in [0.1, 0.15) is 0 Å². The van der Waals surface area contributed by atoms with Crippen LogP contribution in [0.15, 0.2) is 16.6 Å². The van der Waals surface area contributed by atoms with Gasteiger partial charge in [0.05, 0.1) is 15.7 Å². The van der Waals surface area contributed by atoms with E-state index in [0.29, 0.717) is 11.4 Å². The first-order chi connectivity index (χ1) is 8.46. The Morgan fingerprint density at radius 1 is 1.32 bits per heavy atom. The lowest BCUT2D eigenvalue weighted by molar-refractivity contribution is -0.242. The lowest BCUT2D eigenvalue weighted by Crippen LogP contribution is -2.52. The van der Waals surface area contributed by atoms with Crippen LogP contribution in [0.1, 0.15) is 6.92 Å². The Balaban J connectivity index is 3.08. The number of rotatable bonds is 2. The van der Waals surface area contributed by atoms with Crippen LogP contribution < -0.4 is 5.32 Å². The number of carbonyl (C=O) groups is 1. The summed E-state index contributed by atoms with van der Waals surface area (Å²) in [6.07, 6.45) is -5.12. The average Bonchev–Trinajstić information content (AvgIpc) is 2.21. The van der Waals surface area contributed by atoms with Gasteiger partial charge < -0.3 is 10.4 Å². The van der Waals surface area contributed by atoms with E-state index in [1.807, 2.05) is 5.32 Å². The van der Waals surface area contributed by atoms with Crippen molar-refractivity contribution in [3.63, 3.8) is 0 Å². The summed E-state index contributed by atoms with van der Waals surface area (Å²) in [5, 5.41) is 10.9. The molecular weight excluding hydrogens is 374 g/mol. The average molecular weight is 381 g/mol. The zero-order valence-electron chi connectivity index (χ0n) is 9.28. The number of aliphatic hydroxyl groups is 1. The molecule has 1 atom stereocenters. The summed E-state index contributed by atoms with van der Waals surface area (Å²) in [4.78, 5) is 11.5. The molecule has 2 N–H and O–H groups in total. The highest BCUT2D eigenvalue weighted by Gasteiger charge is 2.55. The fraction of sp³-hybridized carbons (Fsp3) is 0.300. The molecule has 0 bridgehead atoms. The fourth-order valence-electron chi connectivity index (χ4n) is 1.03. The number of carbonyl (C=O) groups excluding carboxylic acids is 1. The first-order valence-corrected chi connectivity index (χ1v) is 6.27. The van der Waals surface area contributed by atoms with Gasteiger partial charge in [-0.25, -0.2) is 0 Å². The van der Waals surface area contributed by atoms with Gasteiger partial charge in [0, 0.05) is 4.47 Å². The van der Waals surface area contributed by atoms with E-state index in [2.05, 4.69) is 15.9 Å². The highest BCUT2D eigenvalue weighted by molar-refractivity contribution is 9.10. The van der Waals surface area contributed by atoms with Gasteiger partial charge >= 0.3 is 6.18 Å². The number of amides is 1. The molecule has 1 amide bonds. The molecule has 0 unspecified atom stereocenters. The number of hydrogen-bond donors (Lipinski definition) is 2. The van der Waals surface area contributed by atoms with Crippen molar-refractivity contribution in [3.8, 4) is 0 Å². The predicted molar refractivity (Wildman–Crippen MR) is 69.5 cm³/mol. The Morgan fingerprint density at radius 3 is 2.11 bits per heavy atom. The zero-order chi connectivity index (χ0) is 15.0. The molecular formula is C10H7BrCl2F3NO2. The molecule has 0 radical (unpaired) electrons. The summed E-state index contributed by atoms with van der Waals surface area (Å²) >= 11 is 14.6. The second kappa shape index (κ2) is 5.47. The molecule has 106 valence electrons. The lowest BCUT2D eigenvalue weighted by Gasteiger charge is -2.25. The van der Waals surface area contributed by atoms with Crippen molar-refractivity contribution in [1.82, 2.24) is 0 Å². The van der Waals surface area contributed by atoms with E-state index in [-0.39, 0.29) is 15.7 Å². The molecule has 0 aromatic heterocycles. The van der Waals surface area contributed by atoms with Crippen molar-refractivity contribution in [2.24, 2.45) is 0 Å². The number of halogens is 6. The van der Waals surface area contributed by atoms with Gasteiger partial charge in [-0.05, 0) is 19.1 Å². The fourth-order valence-corrected chi connectivity index (χ4v) is 2.33. The number of anilines is 1. The normalized spacial score (nSPS) is 14.9. The molecule has 0 fully saturated rings. The SMILES string of the molecule is C[C@@](O)(C(=O)Nc1c(Cl)cc(Br)cc1Cl)C(F)(F)F. The van der Waals surface area contributed by atoms with E-state index in [0.717, 1.165) is 0 Å². The minimum Gasteiger partial charge on any atom is -0.373 e. The maximum absolute atomic E-state index is 12.5. The van der Waals surface area contributed by atoms with E-state index >= 15 is 0 Å². The van der Waals surface area contributed by atoms with Crippen molar-refractivity contribution >= 4 is 50.7 Å². The van der Waals surface area contributed by atoms with Gasteiger partial charge in [-0.15, -0.1) is 0 Å². The van der Waals surface area contributed by atoms with Crippen LogP contribution in [0.2, 0.25) is 10.0 Å². The molecule has 3 nitrogen and oxygen atoms in total. The molecule has 0 heterocycles. The van der Waals surface area contributed by atoms with Gasteiger partial charge in [0.15, 0.2) is 0 Å². The van der Waals surface area contributed by atoms with Gasteiger partial charge in [0.25, 0.3) is 5.91 Å². The minimum atomic E-state index is -5.12. The Morgan fingerprint density at radius 2 is 1.74 bits per heavy atom. The maximum atomic E-state index is 12.5. The van der Waals surface area contributed by atoms with Gasteiger partial charge in [0.2, 0.25) is 5.60 Å². The molecule has 1 aromatic rings. The molecule has 0 saturated carbocycles. The van der Waals surface area contributed by atoms with Crippen LogP contribution in [-0.4, -0.2) is 22.8 Å². The largest absolute Gasteiger partial charge is 0.426 e. The monoisotopic (exact) mass is 379 g/mol. The third-order valence-electron chi connectivity index (χ3n) is 2.24. The van der Waals surface area contributed by atoms with Crippen LogP contribution in [-0.2, 0) is 4.79 Å². The Labute approximate surface area is 124 Å². The standard InChI is InChI=1S/C10H7BrCl2F3NO2/c1-9(19,10(14,15)16)8(18)17-7-5(12)2-4(11)3-6(7)13/h2-3,19H,1H3,(H,17,18)/t9-/m1/s1. The van der Waals surface area contributed by atoms with Crippen molar-refractivity contribution in [1.29, 1.82) is 0 Å². The van der Waals surface area contributed by atoms with E-state index < -0.39 is 17.7 Å². The quantitative estimate of drug-likeness (QED) is 0.814. The lowest BCUT2D eigenvalue weighted by atomic mass is 10.1. The smallest absolute Gasteiger partial charge is 0.373 e. The Kier molecular flexibility index (Phi) is 4.77. The van der Waals surface area contributed by atoms with Crippen LogP contribution in [0.4, 0.5) is 18.9 Å². The third-order valence-corrected chi connectivity index (χ3v) is 3.29. The molecule has 0 aliphatic rings. The summed E-state index contributed by atoms with van der Waals surface area (Å²) in [7, 11) is 0. The van der Waals surface area contributed by atoms with E-state index in [1.165, 1.54) is 12.1 Å². The maximum Gasteiger partial charge on any atom is 0.426 e. The summed E-state index contributed by atoms with van der Waals surface area (Å²) in [6, 6.07) is 2.68. The summed E-state index contributed by atoms with van der Waals surface area (Å²) in [5.74, 6) is -1.67. The minimum absolute atomic E-state index is 0.0642. The molecule has 0 aliphatic carbocycles. The van der Waals surface area contributed by atoms with Crippen molar-refractivity contribution in [3.05, 3.63) is 26.7 Å². The first kappa shape index (κ1) is 16.6. The Hall–Kier alpha value is -0.500. The van der Waals surface area contributed by atoms with E-state index in [1.54, 1.807) is 0 Å². The van der Waals surface area contributed by atoms with Crippen molar-refractivity contribution < 1.29 is 23.1 Å². The van der Waals surface area contributed by atoms with Gasteiger partial charge in [-0.3, -0.25) is 4.79 Å². The van der Waals surface area contributed by atoms with Gasteiger partial charge in [-0.2, -0.15) is 13.2 Å². The Bertz CT molecular complexity index is 497. The van der Waals surface area contributed by atoms with E-state index in [4.69, 9.17) is 23.2 Å². The second-order valence-electron chi connectivity index (χ2n) is 3.77. The van der Waals surface area contributed by atoms with Crippen LogP contribution in [0.5, 0.6) is 0 Å². The second-order valence-corrected chi connectivity index (χ2v) is 5.50. The van der Waals surface area contributed by atoms with Crippen LogP contribution >= 0.6 is 39.1 Å². The molecule has 1 aromatic carbocycles. The number of hydrogen-bond acceptors (Lipinski definition) is 2. The van der Waals surface area contributed by atoms with Crippen LogP contribution in [0.25, 0.3) is 0 Å². The molecule has 9 heteroatoms. The van der Waals surface area contributed by atoms with Gasteiger partial charge in [-0.1, -0.05) is 39.1 Å². The summed E-state index contributed by atoms with van der Waals surface area (Å²) in [5.41, 5.74) is -3.76. The molecule has 0 aliphatic heterocycles. The molecule has 19 heavy (non-hydrogen) atoms. The number of alkyl halides is 3.